The zero-order chi connectivity index (χ0) is 13.4. The van der Waals surface area contributed by atoms with E-state index in [1.165, 1.54) is 12.8 Å². The lowest BCUT2D eigenvalue weighted by molar-refractivity contribution is 0.555. The van der Waals surface area contributed by atoms with E-state index in [2.05, 4.69) is 16.8 Å². The van der Waals surface area contributed by atoms with Gasteiger partial charge in [-0.3, -0.25) is 4.98 Å². The Morgan fingerprint density at radius 3 is 2.95 bits per heavy atom. The second-order valence-electron chi connectivity index (χ2n) is 5.20. The molecule has 0 saturated heterocycles. The number of rotatable bonds is 5. The van der Waals surface area contributed by atoms with Gasteiger partial charge in [0.15, 0.2) is 5.58 Å². The summed E-state index contributed by atoms with van der Waals surface area (Å²) in [7, 11) is 0. The molecule has 0 aliphatic heterocycles. The third kappa shape index (κ3) is 2.32. The van der Waals surface area contributed by atoms with E-state index in [0.29, 0.717) is 17.3 Å². The molecule has 102 valence electrons. The fourth-order valence-corrected chi connectivity index (χ4v) is 2.46. The van der Waals surface area contributed by atoms with Crippen molar-refractivity contribution in [1.82, 2.24) is 4.98 Å². The van der Waals surface area contributed by atoms with E-state index in [1.807, 2.05) is 6.07 Å². The summed E-state index contributed by atoms with van der Waals surface area (Å²) >= 11 is 0. The number of H-pyrrole nitrogens is 1. The Labute approximate surface area is 111 Å². The molecule has 1 fully saturated rings. The highest BCUT2D eigenvalue weighted by atomic mass is 16.4. The van der Waals surface area contributed by atoms with E-state index < -0.39 is 5.76 Å². The lowest BCUT2D eigenvalue weighted by Gasteiger charge is -2.26. The average molecular weight is 261 g/mol. The fourth-order valence-electron chi connectivity index (χ4n) is 2.46. The summed E-state index contributed by atoms with van der Waals surface area (Å²) in [6, 6.07) is 4.28. The molecule has 0 amide bonds. The van der Waals surface area contributed by atoms with Crippen LogP contribution in [0.5, 0.6) is 0 Å². The highest BCUT2D eigenvalue weighted by molar-refractivity contribution is 5.85. The lowest BCUT2D eigenvalue weighted by Crippen LogP contribution is -2.27. The molecule has 1 aliphatic rings. The van der Waals surface area contributed by atoms with Crippen LogP contribution in [0.2, 0.25) is 0 Å². The highest BCUT2D eigenvalue weighted by Gasteiger charge is 2.30. The van der Waals surface area contributed by atoms with Crippen molar-refractivity contribution in [2.75, 3.05) is 17.2 Å². The van der Waals surface area contributed by atoms with Gasteiger partial charge in [-0.05, 0) is 25.3 Å². The molecule has 1 aliphatic carbocycles. The molecule has 0 radical (unpaired) electrons. The molecule has 0 bridgehead atoms. The molecule has 2 aromatic rings. The van der Waals surface area contributed by atoms with Crippen LogP contribution in [-0.4, -0.2) is 17.6 Å². The summed E-state index contributed by atoms with van der Waals surface area (Å²) in [6.45, 7) is 3.20. The molecule has 0 spiro atoms. The Bertz CT molecular complexity index is 640. The number of nitrogens with zero attached hydrogens (tertiary/aromatic N) is 1. The van der Waals surface area contributed by atoms with E-state index >= 15 is 0 Å². The molecule has 1 aromatic heterocycles. The number of aromatic nitrogens is 1. The van der Waals surface area contributed by atoms with Crippen LogP contribution in [-0.2, 0) is 0 Å². The van der Waals surface area contributed by atoms with Crippen LogP contribution in [0, 0.1) is 0 Å². The Balaban J connectivity index is 2.00. The quantitative estimate of drug-likeness (QED) is 0.811. The largest absolute Gasteiger partial charge is 0.417 e. The molecule has 3 N–H and O–H groups in total. The number of hydrogen-bond acceptors (Lipinski definition) is 4. The molecule has 1 saturated carbocycles. The number of oxazole rings is 1. The zero-order valence-electron chi connectivity index (χ0n) is 11.1. The van der Waals surface area contributed by atoms with E-state index in [0.717, 1.165) is 30.6 Å². The van der Waals surface area contributed by atoms with Gasteiger partial charge in [-0.15, -0.1) is 0 Å². The van der Waals surface area contributed by atoms with E-state index in [4.69, 9.17) is 10.2 Å². The second-order valence-corrected chi connectivity index (χ2v) is 5.20. The number of hydrogen-bond donors (Lipinski definition) is 2. The minimum absolute atomic E-state index is 0.432. The summed E-state index contributed by atoms with van der Waals surface area (Å²) in [5.41, 5.74) is 9.05. The predicted molar refractivity (Wildman–Crippen MR) is 76.5 cm³/mol. The summed E-state index contributed by atoms with van der Waals surface area (Å²) in [6.07, 6.45) is 4.76. The Kier molecular flexibility index (Phi) is 2.97. The first kappa shape index (κ1) is 12.1. The van der Waals surface area contributed by atoms with Crippen LogP contribution in [0.4, 0.5) is 11.4 Å². The summed E-state index contributed by atoms with van der Waals surface area (Å²) in [5, 5.41) is 0. The lowest BCUT2D eigenvalue weighted by atomic mass is 10.2. The predicted octanol–water partition coefficient (Wildman–Crippen LogP) is 2.47. The van der Waals surface area contributed by atoms with Gasteiger partial charge >= 0.3 is 5.76 Å². The van der Waals surface area contributed by atoms with E-state index in [1.54, 1.807) is 6.07 Å². The van der Waals surface area contributed by atoms with Crippen molar-refractivity contribution in [3.63, 3.8) is 0 Å². The van der Waals surface area contributed by atoms with Crippen molar-refractivity contribution in [3.05, 3.63) is 22.7 Å². The number of nitrogens with two attached hydrogens (primary N) is 1. The first-order valence-electron chi connectivity index (χ1n) is 6.88. The normalized spacial score (nSPS) is 15.0. The van der Waals surface area contributed by atoms with Crippen molar-refractivity contribution in [2.45, 2.75) is 38.6 Å². The highest BCUT2D eigenvalue weighted by Crippen LogP contribution is 2.36. The minimum atomic E-state index is -0.432. The van der Waals surface area contributed by atoms with Crippen molar-refractivity contribution in [2.24, 2.45) is 0 Å². The maximum absolute atomic E-state index is 11.2. The molecular weight excluding hydrogens is 242 g/mol. The SMILES string of the molecule is CCCCN(c1cc2[nH]c(=O)oc2cc1N)C1CC1. The van der Waals surface area contributed by atoms with Crippen LogP contribution in [0.3, 0.4) is 0 Å². The molecule has 5 heteroatoms. The first-order valence-corrected chi connectivity index (χ1v) is 6.88. The maximum Gasteiger partial charge on any atom is 0.417 e. The molecular formula is C14H19N3O2. The zero-order valence-corrected chi connectivity index (χ0v) is 11.1. The molecule has 1 heterocycles. The maximum atomic E-state index is 11.2. The Hall–Kier alpha value is -1.91. The third-order valence-corrected chi connectivity index (χ3v) is 3.62. The molecule has 5 nitrogen and oxygen atoms in total. The standard InChI is InChI=1S/C14H19N3O2/c1-2-3-6-17(9-4-5-9)12-8-11-13(7-10(12)15)19-14(18)16-11/h7-9H,2-6,15H2,1H3,(H,16,18). The van der Waals surface area contributed by atoms with Gasteiger partial charge in [-0.25, -0.2) is 4.79 Å². The van der Waals surface area contributed by atoms with E-state index in [9.17, 15) is 4.79 Å². The number of nitrogen functional groups attached to an aromatic ring is 1. The van der Waals surface area contributed by atoms with Gasteiger partial charge in [0.25, 0.3) is 0 Å². The van der Waals surface area contributed by atoms with Gasteiger partial charge in [-0.2, -0.15) is 0 Å². The van der Waals surface area contributed by atoms with Crippen molar-refractivity contribution in [1.29, 1.82) is 0 Å². The summed E-state index contributed by atoms with van der Waals surface area (Å²) in [4.78, 5) is 16.3. The smallest absolute Gasteiger partial charge is 0.408 e. The molecule has 0 unspecified atom stereocenters. The van der Waals surface area contributed by atoms with E-state index in [-0.39, 0.29) is 0 Å². The number of unbranched alkanes of at least 4 members (excludes halogenated alkanes) is 1. The van der Waals surface area contributed by atoms with Gasteiger partial charge < -0.3 is 15.1 Å². The third-order valence-electron chi connectivity index (χ3n) is 3.62. The second kappa shape index (κ2) is 4.64. The summed E-state index contributed by atoms with van der Waals surface area (Å²) in [5.74, 6) is -0.432. The minimum Gasteiger partial charge on any atom is -0.408 e. The number of fused-ring (bicyclic) bond motifs is 1. The van der Waals surface area contributed by atoms with Crippen LogP contribution in [0.25, 0.3) is 11.1 Å². The number of anilines is 2. The number of benzene rings is 1. The Morgan fingerprint density at radius 1 is 1.47 bits per heavy atom. The number of nitrogens with one attached hydrogen (secondary N) is 1. The van der Waals surface area contributed by atoms with Crippen LogP contribution < -0.4 is 16.4 Å². The average Bonchev–Trinajstić information content (AvgIpc) is 3.13. The van der Waals surface area contributed by atoms with Gasteiger partial charge in [-0.1, -0.05) is 13.3 Å². The fraction of sp³-hybridized carbons (Fsp3) is 0.500. The summed E-state index contributed by atoms with van der Waals surface area (Å²) < 4.78 is 5.03. The first-order chi connectivity index (χ1) is 9.19. The topological polar surface area (TPSA) is 75.3 Å². The molecule has 0 atom stereocenters. The van der Waals surface area contributed by atoms with Gasteiger partial charge in [0.2, 0.25) is 0 Å². The van der Waals surface area contributed by atoms with Crippen molar-refractivity contribution < 1.29 is 4.42 Å². The monoisotopic (exact) mass is 261 g/mol. The van der Waals surface area contributed by atoms with Gasteiger partial charge in [0, 0.05) is 18.7 Å². The van der Waals surface area contributed by atoms with Gasteiger partial charge in [0.05, 0.1) is 16.9 Å². The molecule has 19 heavy (non-hydrogen) atoms. The van der Waals surface area contributed by atoms with Crippen LogP contribution >= 0.6 is 0 Å². The number of aromatic amines is 1. The Morgan fingerprint density at radius 2 is 2.26 bits per heavy atom. The van der Waals surface area contributed by atoms with Crippen LogP contribution in [0.15, 0.2) is 21.3 Å². The van der Waals surface area contributed by atoms with Crippen molar-refractivity contribution >= 4 is 22.5 Å². The van der Waals surface area contributed by atoms with Gasteiger partial charge in [0.1, 0.15) is 0 Å². The molecule has 3 rings (SSSR count). The van der Waals surface area contributed by atoms with Crippen LogP contribution in [0.1, 0.15) is 32.6 Å². The molecule has 1 aromatic carbocycles. The van der Waals surface area contributed by atoms with Crippen molar-refractivity contribution in [3.8, 4) is 0 Å².